The smallest absolute Gasteiger partial charge is 0.0406 e. The first kappa shape index (κ1) is 20.2. The van der Waals surface area contributed by atoms with Crippen molar-refractivity contribution < 1.29 is 0 Å². The van der Waals surface area contributed by atoms with Gasteiger partial charge in [-0.3, -0.25) is 0 Å². The molecular weight excluding hydrogens is 376 g/mol. The summed E-state index contributed by atoms with van der Waals surface area (Å²) in [4.78, 5) is 0. The molecule has 1 heterocycles. The molecule has 4 rings (SSSR count). The van der Waals surface area contributed by atoms with Gasteiger partial charge in [0.15, 0.2) is 0 Å². The van der Waals surface area contributed by atoms with Crippen molar-refractivity contribution >= 4 is 20.4 Å². The first-order chi connectivity index (χ1) is 13.7. The fourth-order valence-corrected chi connectivity index (χ4v) is 9.48. The molecule has 1 aliphatic heterocycles. The summed E-state index contributed by atoms with van der Waals surface area (Å²) in [6, 6.07) is 22.4. The number of hydrogen-bond donors (Lipinski definition) is 0. The third-order valence-electron chi connectivity index (χ3n) is 7.59. The predicted octanol–water partition coefficient (Wildman–Crippen LogP) is 8.33. The van der Waals surface area contributed by atoms with Crippen LogP contribution in [0.2, 0.25) is 23.2 Å². The summed E-state index contributed by atoms with van der Waals surface area (Å²) >= 11 is 6.02. The Bertz CT molecular complexity index is 720. The first-order valence-corrected chi connectivity index (χ1v) is 14.4. The Morgan fingerprint density at radius 1 is 0.750 bits per heavy atom. The summed E-state index contributed by atoms with van der Waals surface area (Å²) in [6.45, 7) is 2.38. The normalized spacial score (nSPS) is 28.2. The van der Waals surface area contributed by atoms with E-state index in [2.05, 4.69) is 43.3 Å². The molecule has 28 heavy (non-hydrogen) atoms. The van der Waals surface area contributed by atoms with Crippen LogP contribution in [0.4, 0.5) is 0 Å². The SMILES string of the molecule is CCC[SiH]1CCC(C2CCC(c3ccc(-c4ccc(Cl)cc4)cc3)CC2)CC1. The highest BCUT2D eigenvalue weighted by atomic mass is 35.5. The third-order valence-corrected chi connectivity index (χ3v) is 11.5. The highest BCUT2D eigenvalue weighted by Gasteiger charge is 2.31. The van der Waals surface area contributed by atoms with Gasteiger partial charge in [0, 0.05) is 13.8 Å². The Hall–Kier alpha value is -1.05. The van der Waals surface area contributed by atoms with Crippen LogP contribution in [-0.2, 0) is 0 Å². The second kappa shape index (κ2) is 9.63. The van der Waals surface area contributed by atoms with Gasteiger partial charge in [-0.25, -0.2) is 0 Å². The van der Waals surface area contributed by atoms with Crippen molar-refractivity contribution in [3.05, 3.63) is 59.1 Å². The average Bonchev–Trinajstić information content (AvgIpc) is 2.75. The average molecular weight is 411 g/mol. The minimum absolute atomic E-state index is 0.322. The summed E-state index contributed by atoms with van der Waals surface area (Å²) in [7, 11) is -0.322. The van der Waals surface area contributed by atoms with Crippen LogP contribution in [-0.4, -0.2) is 8.80 Å². The minimum atomic E-state index is -0.322. The molecule has 0 N–H and O–H groups in total. The summed E-state index contributed by atoms with van der Waals surface area (Å²) in [5.41, 5.74) is 4.10. The van der Waals surface area contributed by atoms with Gasteiger partial charge in [-0.1, -0.05) is 92.3 Å². The molecule has 1 saturated carbocycles. The second-order valence-electron chi connectivity index (χ2n) is 9.31. The Balaban J connectivity index is 1.30. The molecule has 2 aromatic carbocycles. The number of rotatable bonds is 5. The van der Waals surface area contributed by atoms with Crippen molar-refractivity contribution in [1.82, 2.24) is 0 Å². The van der Waals surface area contributed by atoms with Gasteiger partial charge in [0.1, 0.15) is 0 Å². The second-order valence-corrected chi connectivity index (χ2v) is 13.2. The molecule has 0 unspecified atom stereocenters. The van der Waals surface area contributed by atoms with E-state index in [-0.39, 0.29) is 8.80 Å². The van der Waals surface area contributed by atoms with E-state index < -0.39 is 0 Å². The Kier molecular flexibility index (Phi) is 6.96. The van der Waals surface area contributed by atoms with Crippen molar-refractivity contribution in [2.75, 3.05) is 0 Å². The molecule has 2 aliphatic rings. The van der Waals surface area contributed by atoms with Gasteiger partial charge in [-0.2, -0.15) is 0 Å². The van der Waals surface area contributed by atoms with Gasteiger partial charge < -0.3 is 0 Å². The first-order valence-electron chi connectivity index (χ1n) is 11.6. The lowest BCUT2D eigenvalue weighted by Gasteiger charge is -2.37. The molecule has 150 valence electrons. The van der Waals surface area contributed by atoms with E-state index in [9.17, 15) is 0 Å². The molecule has 1 saturated heterocycles. The molecule has 0 aromatic heterocycles. The largest absolute Gasteiger partial charge is 0.0843 e. The van der Waals surface area contributed by atoms with Gasteiger partial charge in [-0.15, -0.1) is 0 Å². The molecule has 2 heteroatoms. The maximum Gasteiger partial charge on any atom is 0.0406 e. The van der Waals surface area contributed by atoms with Crippen LogP contribution in [0.5, 0.6) is 0 Å². The van der Waals surface area contributed by atoms with Gasteiger partial charge in [0.05, 0.1) is 0 Å². The van der Waals surface area contributed by atoms with Crippen molar-refractivity contribution in [3.8, 4) is 11.1 Å². The van der Waals surface area contributed by atoms with Crippen molar-refractivity contribution in [2.24, 2.45) is 11.8 Å². The fraction of sp³-hybridized carbons (Fsp3) is 0.538. The zero-order valence-electron chi connectivity index (χ0n) is 17.4. The van der Waals surface area contributed by atoms with E-state index in [1.165, 1.54) is 43.2 Å². The lowest BCUT2D eigenvalue weighted by atomic mass is 9.72. The Morgan fingerprint density at radius 2 is 1.29 bits per heavy atom. The molecule has 2 aromatic rings. The third kappa shape index (κ3) is 4.92. The topological polar surface area (TPSA) is 0 Å². The molecule has 0 spiro atoms. The van der Waals surface area contributed by atoms with Crippen LogP contribution in [0.15, 0.2) is 48.5 Å². The number of hydrogen-bond acceptors (Lipinski definition) is 0. The lowest BCUT2D eigenvalue weighted by molar-refractivity contribution is 0.216. The summed E-state index contributed by atoms with van der Waals surface area (Å²) in [5, 5.41) is 0.804. The molecule has 0 amide bonds. The lowest BCUT2D eigenvalue weighted by Crippen LogP contribution is -2.28. The number of halogens is 1. The standard InChI is InChI=1S/C26H35ClSi/c1-2-17-28-18-15-25(16-19-28)23-9-7-21(8-10-23)20-3-5-22(6-4-20)24-11-13-26(27)14-12-24/h3-6,11-14,21,23,25,28H,2,7-10,15-19H2,1H3. The van der Waals surface area contributed by atoms with E-state index in [0.29, 0.717) is 0 Å². The van der Waals surface area contributed by atoms with E-state index in [1.54, 1.807) is 36.5 Å². The van der Waals surface area contributed by atoms with E-state index in [1.807, 2.05) is 12.1 Å². The van der Waals surface area contributed by atoms with E-state index >= 15 is 0 Å². The van der Waals surface area contributed by atoms with Crippen LogP contribution in [0.3, 0.4) is 0 Å². The zero-order valence-corrected chi connectivity index (χ0v) is 19.3. The van der Waals surface area contributed by atoms with Gasteiger partial charge >= 0.3 is 0 Å². The van der Waals surface area contributed by atoms with Gasteiger partial charge in [0.2, 0.25) is 0 Å². The van der Waals surface area contributed by atoms with Crippen molar-refractivity contribution in [3.63, 3.8) is 0 Å². The number of benzene rings is 2. The van der Waals surface area contributed by atoms with Crippen LogP contribution in [0, 0.1) is 11.8 Å². The summed E-state index contributed by atoms with van der Waals surface area (Å²) < 4.78 is 0. The van der Waals surface area contributed by atoms with Crippen LogP contribution in [0.1, 0.15) is 63.4 Å². The molecule has 0 radical (unpaired) electrons. The zero-order chi connectivity index (χ0) is 19.3. The van der Waals surface area contributed by atoms with Crippen molar-refractivity contribution in [1.29, 1.82) is 0 Å². The quantitative estimate of drug-likeness (QED) is 0.434. The van der Waals surface area contributed by atoms with E-state index in [4.69, 9.17) is 11.6 Å². The molecule has 0 bridgehead atoms. The predicted molar refractivity (Wildman–Crippen MR) is 126 cm³/mol. The van der Waals surface area contributed by atoms with Crippen LogP contribution >= 0.6 is 11.6 Å². The molecule has 0 atom stereocenters. The maximum atomic E-state index is 6.02. The monoisotopic (exact) mass is 410 g/mol. The summed E-state index contributed by atoms with van der Waals surface area (Å²) in [5.74, 6) is 2.87. The minimum Gasteiger partial charge on any atom is -0.0843 e. The van der Waals surface area contributed by atoms with Gasteiger partial charge in [-0.05, 0) is 72.3 Å². The Morgan fingerprint density at radius 3 is 1.86 bits per heavy atom. The van der Waals surface area contributed by atoms with Gasteiger partial charge in [0.25, 0.3) is 0 Å². The highest BCUT2D eigenvalue weighted by molar-refractivity contribution is 6.58. The fourth-order valence-electron chi connectivity index (χ4n) is 5.87. The van der Waals surface area contributed by atoms with Crippen molar-refractivity contribution in [2.45, 2.75) is 75.9 Å². The molecule has 1 aliphatic carbocycles. The van der Waals surface area contributed by atoms with E-state index in [0.717, 1.165) is 22.8 Å². The van der Waals surface area contributed by atoms with Crippen LogP contribution < -0.4 is 0 Å². The van der Waals surface area contributed by atoms with Crippen LogP contribution in [0.25, 0.3) is 11.1 Å². The molecule has 2 fully saturated rings. The molecular formula is C26H35ClSi. The highest BCUT2D eigenvalue weighted by Crippen LogP contribution is 2.43. The Labute approximate surface area is 178 Å². The molecule has 0 nitrogen and oxygen atoms in total. The maximum absolute atomic E-state index is 6.02. The summed E-state index contributed by atoms with van der Waals surface area (Å²) in [6.07, 6.45) is 10.3.